The number of aryl methyl sites for hydroxylation is 2. The molecule has 1 aliphatic heterocycles. The molecule has 0 bridgehead atoms. The Hall–Kier alpha value is -1.88. The SMILES string of the molecule is Cc1ccc(C)c(NC(=O)C(C)N2CCN(C(=O)CC3CCCC3)CC2)c1. The lowest BCUT2D eigenvalue weighted by molar-refractivity contribution is -0.134. The lowest BCUT2D eigenvalue weighted by atomic mass is 10.0. The van der Waals surface area contributed by atoms with E-state index in [4.69, 9.17) is 0 Å². The van der Waals surface area contributed by atoms with Crippen LogP contribution in [0.5, 0.6) is 0 Å². The third-order valence-electron chi connectivity index (χ3n) is 6.18. The third-order valence-corrected chi connectivity index (χ3v) is 6.18. The molecule has 2 aliphatic rings. The predicted octanol–water partition coefficient (Wildman–Crippen LogP) is 3.35. The minimum absolute atomic E-state index is 0.0226. The molecule has 3 rings (SSSR count). The van der Waals surface area contributed by atoms with Gasteiger partial charge in [0, 0.05) is 38.3 Å². The van der Waals surface area contributed by atoms with Gasteiger partial charge in [-0.1, -0.05) is 25.0 Å². The van der Waals surface area contributed by atoms with Crippen LogP contribution in [0.4, 0.5) is 5.69 Å². The van der Waals surface area contributed by atoms with Crippen LogP contribution in [0.2, 0.25) is 0 Å². The summed E-state index contributed by atoms with van der Waals surface area (Å²) in [6.07, 6.45) is 5.68. The highest BCUT2D eigenvalue weighted by Crippen LogP contribution is 2.28. The number of nitrogens with one attached hydrogen (secondary N) is 1. The van der Waals surface area contributed by atoms with Gasteiger partial charge in [-0.15, -0.1) is 0 Å². The molecule has 1 unspecified atom stereocenters. The van der Waals surface area contributed by atoms with Crippen LogP contribution < -0.4 is 5.32 Å². The Morgan fingerprint density at radius 3 is 2.44 bits per heavy atom. The molecule has 0 spiro atoms. The van der Waals surface area contributed by atoms with Gasteiger partial charge in [0.25, 0.3) is 0 Å². The number of anilines is 1. The highest BCUT2D eigenvalue weighted by molar-refractivity contribution is 5.95. The molecule has 27 heavy (non-hydrogen) atoms. The standard InChI is InChI=1S/C22H33N3O2/c1-16-8-9-17(2)20(14-16)23-22(27)18(3)24-10-12-25(13-11-24)21(26)15-19-6-4-5-7-19/h8-9,14,18-19H,4-7,10-13,15H2,1-3H3,(H,23,27). The maximum atomic E-state index is 12.7. The zero-order valence-electron chi connectivity index (χ0n) is 17.0. The molecule has 1 aliphatic carbocycles. The monoisotopic (exact) mass is 371 g/mol. The van der Waals surface area contributed by atoms with Gasteiger partial charge in [0.2, 0.25) is 11.8 Å². The lowest BCUT2D eigenvalue weighted by Gasteiger charge is -2.37. The Kier molecular flexibility index (Phi) is 6.53. The van der Waals surface area contributed by atoms with Crippen molar-refractivity contribution < 1.29 is 9.59 Å². The Morgan fingerprint density at radius 1 is 1.11 bits per heavy atom. The van der Waals surface area contributed by atoms with Crippen LogP contribution in [0.3, 0.4) is 0 Å². The Bertz CT molecular complexity index is 674. The van der Waals surface area contributed by atoms with Gasteiger partial charge in [0.05, 0.1) is 6.04 Å². The molecular weight excluding hydrogens is 338 g/mol. The van der Waals surface area contributed by atoms with Gasteiger partial charge in [0.1, 0.15) is 0 Å². The zero-order valence-corrected chi connectivity index (χ0v) is 17.0. The highest BCUT2D eigenvalue weighted by atomic mass is 16.2. The largest absolute Gasteiger partial charge is 0.340 e. The molecule has 2 amide bonds. The second kappa shape index (κ2) is 8.87. The second-order valence-electron chi connectivity index (χ2n) is 8.25. The van der Waals surface area contributed by atoms with E-state index in [1.54, 1.807) is 0 Å². The average molecular weight is 372 g/mol. The van der Waals surface area contributed by atoms with Gasteiger partial charge in [-0.3, -0.25) is 14.5 Å². The summed E-state index contributed by atoms with van der Waals surface area (Å²) in [7, 11) is 0. The first-order valence-corrected chi connectivity index (χ1v) is 10.3. The van der Waals surface area contributed by atoms with E-state index in [-0.39, 0.29) is 11.9 Å². The predicted molar refractivity (Wildman–Crippen MR) is 109 cm³/mol. The number of carbonyl (C=O) groups excluding carboxylic acids is 2. The van der Waals surface area contributed by atoms with Crippen LogP contribution in [0, 0.1) is 19.8 Å². The van der Waals surface area contributed by atoms with Crippen molar-refractivity contribution in [3.63, 3.8) is 0 Å². The second-order valence-corrected chi connectivity index (χ2v) is 8.25. The van der Waals surface area contributed by atoms with Crippen molar-refractivity contribution in [1.29, 1.82) is 0 Å². The van der Waals surface area contributed by atoms with E-state index >= 15 is 0 Å². The number of hydrogen-bond donors (Lipinski definition) is 1. The first-order chi connectivity index (χ1) is 12.9. The molecule has 1 saturated carbocycles. The van der Waals surface area contributed by atoms with E-state index in [1.165, 1.54) is 25.7 Å². The molecule has 0 radical (unpaired) electrons. The van der Waals surface area contributed by atoms with E-state index in [0.29, 0.717) is 18.2 Å². The highest BCUT2D eigenvalue weighted by Gasteiger charge is 2.29. The number of benzene rings is 1. The Labute approximate surface area is 163 Å². The Morgan fingerprint density at radius 2 is 1.78 bits per heavy atom. The normalized spacial score (nSPS) is 19.9. The van der Waals surface area contributed by atoms with Crippen LogP contribution >= 0.6 is 0 Å². The number of carbonyl (C=O) groups is 2. The first-order valence-electron chi connectivity index (χ1n) is 10.3. The molecule has 1 heterocycles. The van der Waals surface area contributed by atoms with Crippen molar-refractivity contribution in [1.82, 2.24) is 9.80 Å². The maximum Gasteiger partial charge on any atom is 0.241 e. The fourth-order valence-electron chi connectivity index (χ4n) is 4.22. The molecule has 1 saturated heterocycles. The third kappa shape index (κ3) is 5.10. The maximum absolute atomic E-state index is 12.7. The van der Waals surface area contributed by atoms with Gasteiger partial charge >= 0.3 is 0 Å². The van der Waals surface area contributed by atoms with Crippen molar-refractivity contribution in [2.24, 2.45) is 5.92 Å². The molecule has 1 N–H and O–H groups in total. The summed E-state index contributed by atoms with van der Waals surface area (Å²) < 4.78 is 0. The number of rotatable bonds is 5. The van der Waals surface area contributed by atoms with Crippen LogP contribution in [0.25, 0.3) is 0 Å². The molecule has 5 nitrogen and oxygen atoms in total. The van der Waals surface area contributed by atoms with Gasteiger partial charge in [-0.05, 0) is 56.7 Å². The summed E-state index contributed by atoms with van der Waals surface area (Å²) >= 11 is 0. The minimum atomic E-state index is -0.197. The van der Waals surface area contributed by atoms with Crippen LogP contribution in [0.15, 0.2) is 18.2 Å². The number of hydrogen-bond acceptors (Lipinski definition) is 3. The van der Waals surface area contributed by atoms with Gasteiger partial charge in [-0.25, -0.2) is 0 Å². The minimum Gasteiger partial charge on any atom is -0.340 e. The van der Waals surface area contributed by atoms with Gasteiger partial charge < -0.3 is 10.2 Å². The fraction of sp³-hybridized carbons (Fsp3) is 0.636. The van der Waals surface area contributed by atoms with Gasteiger partial charge in [0.15, 0.2) is 0 Å². The molecule has 1 aromatic carbocycles. The average Bonchev–Trinajstić information content (AvgIpc) is 3.17. The number of piperazine rings is 1. The topological polar surface area (TPSA) is 52.7 Å². The molecule has 1 atom stereocenters. The lowest BCUT2D eigenvalue weighted by Crippen LogP contribution is -2.54. The van der Waals surface area contributed by atoms with Crippen molar-refractivity contribution >= 4 is 17.5 Å². The Balaban J connectivity index is 1.48. The number of amides is 2. The summed E-state index contributed by atoms with van der Waals surface area (Å²) in [6.45, 7) is 8.97. The van der Waals surface area contributed by atoms with Crippen molar-refractivity contribution in [2.75, 3.05) is 31.5 Å². The summed E-state index contributed by atoms with van der Waals surface area (Å²) in [6, 6.07) is 5.90. The van der Waals surface area contributed by atoms with Crippen LogP contribution in [-0.4, -0.2) is 53.8 Å². The summed E-state index contributed by atoms with van der Waals surface area (Å²) in [5.41, 5.74) is 3.10. The summed E-state index contributed by atoms with van der Waals surface area (Å²) in [4.78, 5) is 29.4. The van der Waals surface area contributed by atoms with Crippen LogP contribution in [0.1, 0.15) is 50.2 Å². The summed E-state index contributed by atoms with van der Waals surface area (Å²) in [5, 5.41) is 3.07. The van der Waals surface area contributed by atoms with E-state index in [2.05, 4.69) is 16.3 Å². The summed E-state index contributed by atoms with van der Waals surface area (Å²) in [5.74, 6) is 0.918. The smallest absolute Gasteiger partial charge is 0.241 e. The van der Waals surface area contributed by atoms with E-state index in [0.717, 1.165) is 43.0 Å². The molecule has 0 aromatic heterocycles. The molecule has 2 fully saturated rings. The van der Waals surface area contributed by atoms with Gasteiger partial charge in [-0.2, -0.15) is 0 Å². The van der Waals surface area contributed by atoms with Crippen molar-refractivity contribution in [3.8, 4) is 0 Å². The number of nitrogens with zero attached hydrogens (tertiary/aromatic N) is 2. The van der Waals surface area contributed by atoms with E-state index in [9.17, 15) is 9.59 Å². The van der Waals surface area contributed by atoms with E-state index < -0.39 is 0 Å². The van der Waals surface area contributed by atoms with Crippen LogP contribution in [-0.2, 0) is 9.59 Å². The molecule has 1 aromatic rings. The molecule has 148 valence electrons. The first kappa shape index (κ1) is 19.9. The zero-order chi connectivity index (χ0) is 19.4. The quantitative estimate of drug-likeness (QED) is 0.863. The molecular formula is C22H33N3O2. The van der Waals surface area contributed by atoms with Crippen molar-refractivity contribution in [2.45, 2.75) is 58.9 Å². The van der Waals surface area contributed by atoms with Crippen molar-refractivity contribution in [3.05, 3.63) is 29.3 Å². The molecule has 5 heteroatoms. The fourth-order valence-corrected chi connectivity index (χ4v) is 4.22. The van der Waals surface area contributed by atoms with E-state index in [1.807, 2.05) is 37.8 Å².